The number of rotatable bonds is 22. The Kier molecular flexibility index (Phi) is 17.0. The van der Waals surface area contributed by atoms with Gasteiger partial charge in [0.15, 0.2) is 11.5 Å². The second-order valence-electron chi connectivity index (χ2n) is 15.0. The summed E-state index contributed by atoms with van der Waals surface area (Å²) < 4.78 is 33.7. The molecule has 13 heteroatoms. The molecular formula is C40H59N3O10. The predicted octanol–water partition coefficient (Wildman–Crippen LogP) is 6.21. The summed E-state index contributed by atoms with van der Waals surface area (Å²) in [7, 11) is 3.26. The summed E-state index contributed by atoms with van der Waals surface area (Å²) in [4.78, 5) is 57.1. The fraction of sp³-hybridized carbons (Fsp3) is 0.625. The van der Waals surface area contributed by atoms with Gasteiger partial charge in [-0.05, 0) is 73.3 Å². The standard InChI is InChI=1S/C40H59N3O10/c1-26(2)30(20-28-10-11-34(49-8)36(21-28)50-19-9-18-48-7)22-32-35(23-31(27(3)4)33(44)12-15-40(5,6)38(41)46)51-24-43(32)39(47)53-25-52-37(45)29-13-16-42-17-14-29/h10-11,13-14,16-17,21,26-27,30-32,35H,9,12,15,18-20,22-25H2,1-8H3,(H2,41,46)/t30-,31-,32-,35-/m0/s1. The van der Waals surface area contributed by atoms with Crippen molar-refractivity contribution < 1.29 is 47.6 Å². The van der Waals surface area contributed by atoms with Gasteiger partial charge in [-0.25, -0.2) is 9.59 Å². The van der Waals surface area contributed by atoms with Gasteiger partial charge in [-0.1, -0.05) is 47.6 Å². The van der Waals surface area contributed by atoms with E-state index in [0.717, 1.165) is 12.0 Å². The molecule has 0 saturated carbocycles. The van der Waals surface area contributed by atoms with E-state index in [4.69, 9.17) is 34.2 Å². The van der Waals surface area contributed by atoms with E-state index in [0.29, 0.717) is 50.4 Å². The Labute approximate surface area is 314 Å². The normalized spacial score (nSPS) is 17.1. The van der Waals surface area contributed by atoms with Crippen LogP contribution in [0.25, 0.3) is 0 Å². The number of primary amides is 1. The Balaban J connectivity index is 1.84. The second kappa shape index (κ2) is 20.9. The van der Waals surface area contributed by atoms with Crippen LogP contribution < -0.4 is 15.2 Å². The van der Waals surface area contributed by atoms with Gasteiger partial charge < -0.3 is 34.2 Å². The van der Waals surface area contributed by atoms with Crippen molar-refractivity contribution in [2.75, 3.05) is 41.0 Å². The van der Waals surface area contributed by atoms with Crippen LogP contribution in [0.4, 0.5) is 4.79 Å². The van der Waals surface area contributed by atoms with Gasteiger partial charge in [-0.2, -0.15) is 0 Å². The van der Waals surface area contributed by atoms with Crippen molar-refractivity contribution in [2.24, 2.45) is 34.8 Å². The molecule has 2 N–H and O–H groups in total. The number of nitrogens with two attached hydrogens (primary N) is 1. The number of nitrogens with zero attached hydrogens (tertiary/aromatic N) is 2. The molecule has 53 heavy (non-hydrogen) atoms. The van der Waals surface area contributed by atoms with Gasteiger partial charge >= 0.3 is 12.1 Å². The third-order valence-electron chi connectivity index (χ3n) is 10.1. The maximum Gasteiger partial charge on any atom is 0.414 e. The number of benzene rings is 1. The summed E-state index contributed by atoms with van der Waals surface area (Å²) >= 11 is 0. The molecule has 3 rings (SSSR count). The van der Waals surface area contributed by atoms with E-state index in [1.807, 2.05) is 32.0 Å². The molecule has 1 aromatic heterocycles. The highest BCUT2D eigenvalue weighted by Crippen LogP contribution is 2.36. The molecule has 1 fully saturated rings. The van der Waals surface area contributed by atoms with Crippen LogP contribution in [0.2, 0.25) is 0 Å². The largest absolute Gasteiger partial charge is 0.493 e. The lowest BCUT2D eigenvalue weighted by atomic mass is 9.78. The van der Waals surface area contributed by atoms with Crippen LogP contribution in [0.15, 0.2) is 42.7 Å². The zero-order chi connectivity index (χ0) is 39.1. The quantitative estimate of drug-likeness (QED) is 0.0828. The average Bonchev–Trinajstić information content (AvgIpc) is 3.53. The molecule has 294 valence electrons. The van der Waals surface area contributed by atoms with E-state index in [1.165, 1.54) is 29.4 Å². The molecule has 1 aromatic carbocycles. The van der Waals surface area contributed by atoms with E-state index in [9.17, 15) is 19.2 Å². The molecule has 4 atom stereocenters. The summed E-state index contributed by atoms with van der Waals surface area (Å²) in [5.74, 6) is 0.121. The third-order valence-corrected chi connectivity index (χ3v) is 10.1. The molecule has 1 saturated heterocycles. The molecule has 2 amide bonds. The van der Waals surface area contributed by atoms with Crippen molar-refractivity contribution in [3.05, 3.63) is 53.9 Å². The molecule has 0 radical (unpaired) electrons. The van der Waals surface area contributed by atoms with Crippen molar-refractivity contribution in [1.82, 2.24) is 9.88 Å². The molecule has 2 aromatic rings. The van der Waals surface area contributed by atoms with Crippen molar-refractivity contribution in [3.8, 4) is 11.5 Å². The Morgan fingerprint density at radius 1 is 0.962 bits per heavy atom. The van der Waals surface area contributed by atoms with Crippen LogP contribution in [0, 0.1) is 29.1 Å². The van der Waals surface area contributed by atoms with Crippen LogP contribution in [0.5, 0.6) is 11.5 Å². The molecule has 1 aliphatic heterocycles. The topological polar surface area (TPSA) is 166 Å². The highest BCUT2D eigenvalue weighted by Gasteiger charge is 2.43. The van der Waals surface area contributed by atoms with Gasteiger partial charge in [0.25, 0.3) is 0 Å². The fourth-order valence-corrected chi connectivity index (χ4v) is 6.38. The first-order chi connectivity index (χ1) is 25.2. The smallest absolute Gasteiger partial charge is 0.414 e. The number of pyridine rings is 1. The first-order valence-corrected chi connectivity index (χ1v) is 18.4. The lowest BCUT2D eigenvalue weighted by molar-refractivity contribution is -0.129. The molecular weight excluding hydrogens is 682 g/mol. The first-order valence-electron chi connectivity index (χ1n) is 18.4. The van der Waals surface area contributed by atoms with Crippen molar-refractivity contribution >= 4 is 23.8 Å². The minimum atomic E-state index is -0.814. The number of methoxy groups -OCH3 is 2. The first kappa shape index (κ1) is 43.2. The number of esters is 1. The van der Waals surface area contributed by atoms with Gasteiger partial charge in [-0.15, -0.1) is 0 Å². The fourth-order valence-electron chi connectivity index (χ4n) is 6.38. The zero-order valence-electron chi connectivity index (χ0n) is 32.6. The van der Waals surface area contributed by atoms with Crippen LogP contribution in [0.3, 0.4) is 0 Å². The van der Waals surface area contributed by atoms with Crippen LogP contribution in [-0.4, -0.2) is 86.7 Å². The molecule has 13 nitrogen and oxygen atoms in total. The van der Waals surface area contributed by atoms with E-state index in [2.05, 4.69) is 18.8 Å². The number of ether oxygens (including phenoxy) is 6. The Hall–Kier alpha value is -4.23. The maximum absolute atomic E-state index is 13.7. The van der Waals surface area contributed by atoms with Gasteiger partial charge in [0.1, 0.15) is 12.5 Å². The highest BCUT2D eigenvalue weighted by atomic mass is 16.7. The van der Waals surface area contributed by atoms with Gasteiger partial charge in [0.05, 0.1) is 31.4 Å². The number of Topliss-reactive ketones (excluding diaryl/α,β-unsaturated/α-hetero) is 1. The lowest BCUT2D eigenvalue weighted by Gasteiger charge is -2.33. The zero-order valence-corrected chi connectivity index (χ0v) is 32.6. The van der Waals surface area contributed by atoms with Gasteiger partial charge in [0, 0.05) is 50.3 Å². The molecule has 0 bridgehead atoms. The number of carbonyl (C=O) groups excluding carboxylic acids is 4. The molecule has 0 spiro atoms. The summed E-state index contributed by atoms with van der Waals surface area (Å²) in [6.45, 7) is 12.2. The Morgan fingerprint density at radius 2 is 1.68 bits per heavy atom. The minimum Gasteiger partial charge on any atom is -0.493 e. The van der Waals surface area contributed by atoms with Crippen molar-refractivity contribution in [1.29, 1.82) is 0 Å². The number of amides is 2. The van der Waals surface area contributed by atoms with Crippen molar-refractivity contribution in [2.45, 2.75) is 92.2 Å². The minimum absolute atomic E-state index is 0.0143. The number of ketones is 1. The summed E-state index contributed by atoms with van der Waals surface area (Å²) in [6, 6.07) is 8.48. The van der Waals surface area contributed by atoms with E-state index >= 15 is 0 Å². The lowest BCUT2D eigenvalue weighted by Crippen LogP contribution is -2.43. The number of hydrogen-bond acceptors (Lipinski definition) is 11. The van der Waals surface area contributed by atoms with Gasteiger partial charge in [-0.3, -0.25) is 19.5 Å². The molecule has 2 heterocycles. The molecule has 0 aliphatic carbocycles. The number of aromatic nitrogens is 1. The average molecular weight is 742 g/mol. The summed E-state index contributed by atoms with van der Waals surface area (Å²) in [6.07, 6.45) is 4.67. The van der Waals surface area contributed by atoms with Gasteiger partial charge in [0.2, 0.25) is 12.7 Å². The third kappa shape index (κ3) is 13.0. The maximum atomic E-state index is 13.7. The second-order valence-corrected chi connectivity index (χ2v) is 15.0. The number of carbonyl (C=O) groups is 4. The SMILES string of the molecule is COCCCOc1cc(C[C@@H](C[C@H]2[C@H](C[C@H](C(=O)CCC(C)(C)C(N)=O)C(C)C)OCN2C(=O)OCOC(=O)c2ccncc2)C(C)C)ccc1OC. The monoisotopic (exact) mass is 741 g/mol. The Bertz CT molecular complexity index is 1480. The van der Waals surface area contributed by atoms with Crippen molar-refractivity contribution in [3.63, 3.8) is 0 Å². The van der Waals surface area contributed by atoms with Crippen LogP contribution in [-0.2, 0) is 35.0 Å². The van der Waals surface area contributed by atoms with E-state index in [-0.39, 0.29) is 48.2 Å². The molecule has 1 aliphatic rings. The predicted molar refractivity (Wildman–Crippen MR) is 198 cm³/mol. The molecule has 0 unspecified atom stereocenters. The Morgan fingerprint density at radius 3 is 2.30 bits per heavy atom. The highest BCUT2D eigenvalue weighted by molar-refractivity contribution is 5.89. The number of hydrogen-bond donors (Lipinski definition) is 1. The van der Waals surface area contributed by atoms with Crippen LogP contribution >= 0.6 is 0 Å². The van der Waals surface area contributed by atoms with E-state index < -0.39 is 42.3 Å². The van der Waals surface area contributed by atoms with Crippen LogP contribution in [0.1, 0.15) is 89.6 Å². The summed E-state index contributed by atoms with van der Waals surface area (Å²) in [5, 5.41) is 0. The summed E-state index contributed by atoms with van der Waals surface area (Å²) in [5.41, 5.74) is 6.10. The van der Waals surface area contributed by atoms with E-state index in [1.54, 1.807) is 28.1 Å².